The van der Waals surface area contributed by atoms with Crippen LogP contribution in [0.4, 0.5) is 23.9 Å². The summed E-state index contributed by atoms with van der Waals surface area (Å²) in [7, 11) is 0. The van der Waals surface area contributed by atoms with Crippen LogP contribution >= 0.6 is 11.3 Å². The second-order valence-corrected chi connectivity index (χ2v) is 10.1. The summed E-state index contributed by atoms with van der Waals surface area (Å²) in [5.41, 5.74) is -2.57. The lowest BCUT2D eigenvalue weighted by Crippen LogP contribution is -2.48. The third kappa shape index (κ3) is 5.92. The molecule has 1 aromatic carbocycles. The number of carbonyl (C=O) groups is 1. The smallest absolute Gasteiger partial charge is 0.416 e. The first-order valence-corrected chi connectivity index (χ1v) is 12.3. The molecule has 1 aliphatic carbocycles. The van der Waals surface area contributed by atoms with Crippen molar-refractivity contribution in [3.8, 4) is 0 Å². The van der Waals surface area contributed by atoms with E-state index < -0.39 is 27.8 Å². The molecular formula is C23H26F3N3O5S. The summed E-state index contributed by atoms with van der Waals surface area (Å²) < 4.78 is 44.8. The van der Waals surface area contributed by atoms with Crippen LogP contribution in [0.15, 0.2) is 23.0 Å². The summed E-state index contributed by atoms with van der Waals surface area (Å²) in [4.78, 5) is 38.7. The zero-order valence-electron chi connectivity index (χ0n) is 19.2. The quantitative estimate of drug-likeness (QED) is 0.332. The van der Waals surface area contributed by atoms with E-state index in [1.165, 1.54) is 13.0 Å². The van der Waals surface area contributed by atoms with Crippen LogP contribution in [-0.2, 0) is 15.7 Å². The Morgan fingerprint density at radius 3 is 2.37 bits per heavy atom. The highest BCUT2D eigenvalue weighted by molar-refractivity contribution is 7.22. The van der Waals surface area contributed by atoms with Crippen LogP contribution in [0.5, 0.6) is 0 Å². The molecule has 4 rings (SSSR count). The predicted molar refractivity (Wildman–Crippen MR) is 126 cm³/mol. The van der Waals surface area contributed by atoms with Gasteiger partial charge in [0.05, 0.1) is 15.5 Å². The maximum absolute atomic E-state index is 13.2. The van der Waals surface area contributed by atoms with Crippen molar-refractivity contribution in [2.45, 2.75) is 44.9 Å². The number of benzene rings is 1. The number of anilines is 1. The van der Waals surface area contributed by atoms with E-state index in [2.05, 4.69) is 4.90 Å². The van der Waals surface area contributed by atoms with Gasteiger partial charge in [-0.2, -0.15) is 13.2 Å². The summed E-state index contributed by atoms with van der Waals surface area (Å²) in [6.07, 6.45) is -1.06. The number of hydrogen-bond acceptors (Lipinski definition) is 8. The van der Waals surface area contributed by atoms with Crippen molar-refractivity contribution in [2.24, 2.45) is 5.92 Å². The fourth-order valence-corrected chi connectivity index (χ4v) is 6.06. The molecule has 1 saturated carbocycles. The number of ether oxygens (including phenoxy) is 1. The number of nitro groups is 1. The van der Waals surface area contributed by atoms with Crippen molar-refractivity contribution in [2.75, 3.05) is 37.6 Å². The van der Waals surface area contributed by atoms with E-state index in [0.717, 1.165) is 56.7 Å². The molecule has 1 aliphatic heterocycles. The standard InChI is InChI=1S/C23H26F3N3O5S/c1-14(30)34-17-4-2-15(3-5-17)13-27-6-8-28(9-7-27)21-12-20(31)18-10-16(23(24,25)26)11-19(29(32)33)22(18)35-21/h10-12,15,17H,2-9,13H2,1H3. The Morgan fingerprint density at radius 2 is 1.80 bits per heavy atom. The highest BCUT2D eigenvalue weighted by atomic mass is 32.1. The first-order valence-electron chi connectivity index (χ1n) is 11.5. The molecule has 1 aromatic heterocycles. The van der Waals surface area contributed by atoms with Crippen LogP contribution in [-0.4, -0.2) is 54.6 Å². The number of esters is 1. The number of non-ortho nitro benzene ring substituents is 1. The molecule has 8 nitrogen and oxygen atoms in total. The maximum atomic E-state index is 13.2. The number of nitro benzene ring substituents is 1. The number of alkyl halides is 3. The minimum absolute atomic E-state index is 0.00698. The topological polar surface area (TPSA) is 93.0 Å². The minimum atomic E-state index is -4.79. The van der Waals surface area contributed by atoms with E-state index >= 15 is 0 Å². The largest absolute Gasteiger partial charge is 0.463 e. The molecule has 0 unspecified atom stereocenters. The SMILES string of the molecule is CC(=O)OC1CCC(CN2CCN(c3cc(=O)c4cc(C(F)(F)F)cc([N+](=O)[O-])c4s3)CC2)CC1. The molecule has 12 heteroatoms. The summed E-state index contributed by atoms with van der Waals surface area (Å²) in [5, 5.41) is 11.7. The van der Waals surface area contributed by atoms with E-state index in [0.29, 0.717) is 36.1 Å². The number of hydrogen-bond donors (Lipinski definition) is 0. The molecular weight excluding hydrogens is 487 g/mol. The fraction of sp³-hybridized carbons (Fsp3) is 0.565. The van der Waals surface area contributed by atoms with Gasteiger partial charge in [-0.25, -0.2) is 0 Å². The Morgan fingerprint density at radius 1 is 1.14 bits per heavy atom. The van der Waals surface area contributed by atoms with Gasteiger partial charge in [-0.15, -0.1) is 11.3 Å². The second-order valence-electron chi connectivity index (χ2n) is 9.12. The molecule has 0 amide bonds. The van der Waals surface area contributed by atoms with Gasteiger partial charge in [-0.05, 0) is 37.7 Å². The second kappa shape index (κ2) is 10.1. The third-order valence-electron chi connectivity index (χ3n) is 6.65. The van der Waals surface area contributed by atoms with E-state index in [9.17, 15) is 32.9 Å². The summed E-state index contributed by atoms with van der Waals surface area (Å²) in [6.45, 7) is 5.07. The molecule has 2 fully saturated rings. The normalized spacial score (nSPS) is 21.8. The molecule has 0 atom stereocenters. The van der Waals surface area contributed by atoms with E-state index in [-0.39, 0.29) is 22.2 Å². The fourth-order valence-electron chi connectivity index (χ4n) is 4.87. The predicted octanol–water partition coefficient (Wildman–Crippen LogP) is 4.43. The van der Waals surface area contributed by atoms with Crippen LogP contribution in [0.3, 0.4) is 0 Å². The molecule has 2 aromatic rings. The number of nitrogens with zero attached hydrogens (tertiary/aromatic N) is 3. The van der Waals surface area contributed by atoms with Crippen molar-refractivity contribution < 1.29 is 27.6 Å². The van der Waals surface area contributed by atoms with Gasteiger partial charge in [0, 0.05) is 57.2 Å². The Labute approximate surface area is 203 Å². The zero-order chi connectivity index (χ0) is 25.3. The van der Waals surface area contributed by atoms with Gasteiger partial charge in [-0.3, -0.25) is 24.6 Å². The number of carbonyl (C=O) groups excluding carboxylic acids is 1. The minimum Gasteiger partial charge on any atom is -0.463 e. The summed E-state index contributed by atoms with van der Waals surface area (Å²) in [5.74, 6) is 0.280. The average molecular weight is 514 g/mol. The lowest BCUT2D eigenvalue weighted by atomic mass is 9.87. The van der Waals surface area contributed by atoms with Gasteiger partial charge in [-0.1, -0.05) is 0 Å². The van der Waals surface area contributed by atoms with Gasteiger partial charge in [0.1, 0.15) is 10.8 Å². The molecule has 1 saturated heterocycles. The maximum Gasteiger partial charge on any atom is 0.416 e. The lowest BCUT2D eigenvalue weighted by molar-refractivity contribution is -0.383. The third-order valence-corrected chi connectivity index (χ3v) is 7.87. The Hall–Kier alpha value is -2.73. The number of halogens is 3. The van der Waals surface area contributed by atoms with Crippen molar-refractivity contribution in [3.63, 3.8) is 0 Å². The Kier molecular flexibility index (Phi) is 7.32. The highest BCUT2D eigenvalue weighted by Gasteiger charge is 2.34. The Bertz CT molecular complexity index is 1170. The van der Waals surface area contributed by atoms with E-state index in [4.69, 9.17) is 4.74 Å². The summed E-state index contributed by atoms with van der Waals surface area (Å²) in [6, 6.07) is 2.47. The monoisotopic (exact) mass is 513 g/mol. The van der Waals surface area contributed by atoms with Crippen molar-refractivity contribution in [1.29, 1.82) is 0 Å². The van der Waals surface area contributed by atoms with E-state index in [1.54, 1.807) is 0 Å². The Balaban J connectivity index is 1.44. The molecule has 2 heterocycles. The van der Waals surface area contributed by atoms with Gasteiger partial charge in [0.15, 0.2) is 5.43 Å². The molecule has 0 bridgehead atoms. The molecule has 0 radical (unpaired) electrons. The summed E-state index contributed by atoms with van der Waals surface area (Å²) >= 11 is 0.981. The molecule has 0 spiro atoms. The van der Waals surface area contributed by atoms with Gasteiger partial charge >= 0.3 is 12.1 Å². The van der Waals surface area contributed by atoms with Crippen molar-refractivity contribution in [3.05, 3.63) is 44.1 Å². The van der Waals surface area contributed by atoms with Crippen LogP contribution in [0.2, 0.25) is 0 Å². The van der Waals surface area contributed by atoms with Crippen LogP contribution in [0.1, 0.15) is 38.2 Å². The molecule has 190 valence electrons. The molecule has 35 heavy (non-hydrogen) atoms. The van der Waals surface area contributed by atoms with Gasteiger partial charge in [0.25, 0.3) is 5.69 Å². The zero-order valence-corrected chi connectivity index (χ0v) is 20.0. The number of rotatable bonds is 5. The van der Waals surface area contributed by atoms with Gasteiger partial charge < -0.3 is 9.64 Å². The van der Waals surface area contributed by atoms with Crippen LogP contribution in [0.25, 0.3) is 10.1 Å². The first-order chi connectivity index (χ1) is 16.5. The number of piperazine rings is 1. The molecule has 0 N–H and O–H groups in total. The number of fused-ring (bicyclic) bond motifs is 1. The van der Waals surface area contributed by atoms with Crippen LogP contribution in [0, 0.1) is 16.0 Å². The van der Waals surface area contributed by atoms with Crippen molar-refractivity contribution in [1.82, 2.24) is 4.90 Å². The van der Waals surface area contributed by atoms with Crippen molar-refractivity contribution >= 4 is 38.1 Å². The highest BCUT2D eigenvalue weighted by Crippen LogP contribution is 2.39. The lowest BCUT2D eigenvalue weighted by Gasteiger charge is -2.38. The molecule has 2 aliphatic rings. The van der Waals surface area contributed by atoms with Crippen LogP contribution < -0.4 is 10.3 Å². The first kappa shape index (κ1) is 25.4. The van der Waals surface area contributed by atoms with E-state index in [1.807, 2.05) is 4.90 Å². The van der Waals surface area contributed by atoms with Gasteiger partial charge in [0.2, 0.25) is 0 Å². The average Bonchev–Trinajstić information content (AvgIpc) is 2.79.